The maximum atomic E-state index is 10.8. The molecule has 0 aromatic rings. The summed E-state index contributed by atoms with van der Waals surface area (Å²) in [4.78, 5) is 0. The van der Waals surface area contributed by atoms with Crippen LogP contribution in [-0.4, -0.2) is 10.7 Å². The summed E-state index contributed by atoms with van der Waals surface area (Å²) in [5.74, 6) is 1.11. The zero-order chi connectivity index (χ0) is 12.5. The van der Waals surface area contributed by atoms with Crippen LogP contribution in [0, 0.1) is 17.3 Å². The molecular weight excluding hydrogens is 208 g/mol. The van der Waals surface area contributed by atoms with Gasteiger partial charge in [0.25, 0.3) is 0 Å². The standard InChI is InChI=1S/C16H26O/c1-15(2,3)13-9-11-16(17,12-10-13)14-7-5-4-6-8-14/h4-7,13-14,17H,8-12H2,1-3H3. The predicted octanol–water partition coefficient (Wildman–Crippen LogP) is 4.09. The van der Waals surface area contributed by atoms with Crippen LogP contribution in [0.2, 0.25) is 0 Å². The summed E-state index contributed by atoms with van der Waals surface area (Å²) in [5.41, 5.74) is -0.0490. The third-order valence-corrected chi connectivity index (χ3v) is 4.75. The van der Waals surface area contributed by atoms with Crippen molar-refractivity contribution >= 4 is 0 Å². The highest BCUT2D eigenvalue weighted by molar-refractivity contribution is 5.15. The molecule has 2 aliphatic carbocycles. The smallest absolute Gasteiger partial charge is 0.0713 e. The largest absolute Gasteiger partial charge is 0.389 e. The maximum absolute atomic E-state index is 10.8. The van der Waals surface area contributed by atoms with Crippen LogP contribution < -0.4 is 0 Å². The van der Waals surface area contributed by atoms with Gasteiger partial charge in [-0.15, -0.1) is 0 Å². The van der Waals surface area contributed by atoms with E-state index < -0.39 is 5.60 Å². The Balaban J connectivity index is 1.97. The lowest BCUT2D eigenvalue weighted by Crippen LogP contribution is -2.42. The van der Waals surface area contributed by atoms with Crippen molar-refractivity contribution in [2.24, 2.45) is 17.3 Å². The van der Waals surface area contributed by atoms with E-state index >= 15 is 0 Å². The minimum Gasteiger partial charge on any atom is -0.389 e. The summed E-state index contributed by atoms with van der Waals surface area (Å²) >= 11 is 0. The summed E-state index contributed by atoms with van der Waals surface area (Å²) in [6.45, 7) is 6.97. The molecule has 17 heavy (non-hydrogen) atoms. The van der Waals surface area contributed by atoms with E-state index in [1.54, 1.807) is 0 Å². The molecule has 0 saturated heterocycles. The van der Waals surface area contributed by atoms with Crippen molar-refractivity contribution in [2.75, 3.05) is 0 Å². The second kappa shape index (κ2) is 4.61. The highest BCUT2D eigenvalue weighted by Gasteiger charge is 2.41. The number of hydrogen-bond donors (Lipinski definition) is 1. The van der Waals surface area contributed by atoms with Crippen molar-refractivity contribution in [3.05, 3.63) is 24.3 Å². The molecule has 1 saturated carbocycles. The fourth-order valence-electron chi connectivity index (χ4n) is 3.33. The fourth-order valence-corrected chi connectivity index (χ4v) is 3.33. The van der Waals surface area contributed by atoms with Gasteiger partial charge in [0.05, 0.1) is 5.60 Å². The zero-order valence-electron chi connectivity index (χ0n) is 11.4. The topological polar surface area (TPSA) is 20.2 Å². The van der Waals surface area contributed by atoms with Gasteiger partial charge in [-0.05, 0) is 43.4 Å². The van der Waals surface area contributed by atoms with Gasteiger partial charge >= 0.3 is 0 Å². The third-order valence-electron chi connectivity index (χ3n) is 4.75. The van der Waals surface area contributed by atoms with Crippen LogP contribution in [0.1, 0.15) is 52.9 Å². The monoisotopic (exact) mass is 234 g/mol. The summed E-state index contributed by atoms with van der Waals surface area (Å²) < 4.78 is 0. The zero-order valence-corrected chi connectivity index (χ0v) is 11.4. The Morgan fingerprint density at radius 1 is 1.12 bits per heavy atom. The molecule has 0 radical (unpaired) electrons. The van der Waals surface area contributed by atoms with Crippen molar-refractivity contribution in [2.45, 2.75) is 58.5 Å². The molecule has 1 heteroatoms. The van der Waals surface area contributed by atoms with Gasteiger partial charge in [-0.3, -0.25) is 0 Å². The quantitative estimate of drug-likeness (QED) is 0.724. The first-order chi connectivity index (χ1) is 7.92. The van der Waals surface area contributed by atoms with Crippen LogP contribution in [0.25, 0.3) is 0 Å². The Labute approximate surface area is 106 Å². The molecule has 2 aliphatic rings. The average molecular weight is 234 g/mol. The second-order valence-corrected chi connectivity index (χ2v) is 6.90. The van der Waals surface area contributed by atoms with Gasteiger partial charge in [0, 0.05) is 5.92 Å². The van der Waals surface area contributed by atoms with Crippen LogP contribution in [0.15, 0.2) is 24.3 Å². The minimum absolute atomic E-state index is 0.341. The van der Waals surface area contributed by atoms with Crippen molar-refractivity contribution in [1.29, 1.82) is 0 Å². The second-order valence-electron chi connectivity index (χ2n) is 6.90. The Hall–Kier alpha value is -0.560. The summed E-state index contributed by atoms with van der Waals surface area (Å²) in [6.07, 6.45) is 13.8. The van der Waals surface area contributed by atoms with Crippen LogP contribution in [0.3, 0.4) is 0 Å². The normalized spacial score (nSPS) is 38.4. The van der Waals surface area contributed by atoms with Gasteiger partial charge in [0.15, 0.2) is 0 Å². The van der Waals surface area contributed by atoms with E-state index in [-0.39, 0.29) is 0 Å². The molecule has 0 aromatic carbocycles. The maximum Gasteiger partial charge on any atom is 0.0713 e. The molecule has 0 amide bonds. The van der Waals surface area contributed by atoms with Gasteiger partial charge in [0.1, 0.15) is 0 Å². The molecule has 0 aromatic heterocycles. The molecule has 1 fully saturated rings. The fraction of sp³-hybridized carbons (Fsp3) is 0.750. The van der Waals surface area contributed by atoms with E-state index in [1.807, 2.05) is 0 Å². The number of aliphatic hydroxyl groups is 1. The van der Waals surface area contributed by atoms with Crippen LogP contribution in [-0.2, 0) is 0 Å². The summed E-state index contributed by atoms with van der Waals surface area (Å²) in [6, 6.07) is 0. The van der Waals surface area contributed by atoms with Crippen molar-refractivity contribution in [3.8, 4) is 0 Å². The molecule has 2 rings (SSSR count). The molecule has 1 N–H and O–H groups in total. The Bertz CT molecular complexity index is 311. The molecule has 96 valence electrons. The molecule has 0 aliphatic heterocycles. The molecule has 0 heterocycles. The Morgan fingerprint density at radius 2 is 1.76 bits per heavy atom. The van der Waals surface area contributed by atoms with Crippen molar-refractivity contribution in [3.63, 3.8) is 0 Å². The van der Waals surface area contributed by atoms with Crippen LogP contribution in [0.5, 0.6) is 0 Å². The first kappa shape index (κ1) is 12.9. The van der Waals surface area contributed by atoms with Gasteiger partial charge in [-0.2, -0.15) is 0 Å². The van der Waals surface area contributed by atoms with Crippen LogP contribution in [0.4, 0.5) is 0 Å². The van der Waals surface area contributed by atoms with E-state index in [1.165, 1.54) is 12.8 Å². The highest BCUT2D eigenvalue weighted by Crippen LogP contribution is 2.45. The lowest BCUT2D eigenvalue weighted by atomic mass is 9.64. The van der Waals surface area contributed by atoms with Crippen LogP contribution >= 0.6 is 0 Å². The molecule has 1 unspecified atom stereocenters. The summed E-state index contributed by atoms with van der Waals surface area (Å²) in [5, 5.41) is 10.8. The number of allylic oxidation sites excluding steroid dienone is 3. The van der Waals surface area contributed by atoms with Gasteiger partial charge in [-0.25, -0.2) is 0 Å². The molecule has 1 atom stereocenters. The first-order valence-corrected chi connectivity index (χ1v) is 6.97. The van der Waals surface area contributed by atoms with Gasteiger partial charge in [-0.1, -0.05) is 45.1 Å². The lowest BCUT2D eigenvalue weighted by molar-refractivity contribution is -0.0555. The molecule has 0 bridgehead atoms. The SMILES string of the molecule is CC(C)(C)C1CCC(O)(C2C=CC=CC2)CC1. The average Bonchev–Trinajstić information content (AvgIpc) is 2.29. The lowest BCUT2D eigenvalue weighted by Gasteiger charge is -2.44. The van der Waals surface area contributed by atoms with E-state index in [2.05, 4.69) is 45.1 Å². The predicted molar refractivity (Wildman–Crippen MR) is 72.7 cm³/mol. The Kier molecular flexibility index (Phi) is 3.49. The highest BCUT2D eigenvalue weighted by atomic mass is 16.3. The first-order valence-electron chi connectivity index (χ1n) is 6.97. The Morgan fingerprint density at radius 3 is 2.24 bits per heavy atom. The molecule has 0 spiro atoms. The molecule has 1 nitrogen and oxygen atoms in total. The van der Waals surface area contributed by atoms with E-state index in [9.17, 15) is 5.11 Å². The number of rotatable bonds is 1. The van der Waals surface area contributed by atoms with E-state index in [4.69, 9.17) is 0 Å². The van der Waals surface area contributed by atoms with Gasteiger partial charge in [0.2, 0.25) is 0 Å². The van der Waals surface area contributed by atoms with Crippen molar-refractivity contribution < 1.29 is 5.11 Å². The van der Waals surface area contributed by atoms with Crippen molar-refractivity contribution in [1.82, 2.24) is 0 Å². The van der Waals surface area contributed by atoms with E-state index in [0.29, 0.717) is 11.3 Å². The molecular formula is C16H26O. The summed E-state index contributed by atoms with van der Waals surface area (Å²) in [7, 11) is 0. The third kappa shape index (κ3) is 2.82. The van der Waals surface area contributed by atoms with Gasteiger partial charge < -0.3 is 5.11 Å². The van der Waals surface area contributed by atoms with E-state index in [0.717, 1.165) is 25.2 Å². The number of hydrogen-bond acceptors (Lipinski definition) is 1. The minimum atomic E-state index is -0.441.